The second-order valence-corrected chi connectivity index (χ2v) is 10.4. The lowest BCUT2D eigenvalue weighted by atomic mass is 10.3. The SMILES string of the molecule is CS(=O)(=O)N1CCN(S(=O)(=O)c2ccc(Oc3ccccc3)cc2)[C@H](OC(N)=O)C1. The molecule has 2 aromatic rings. The van der Waals surface area contributed by atoms with Crippen LogP contribution in [0.3, 0.4) is 0 Å². The van der Waals surface area contributed by atoms with Crippen molar-refractivity contribution in [1.29, 1.82) is 0 Å². The van der Waals surface area contributed by atoms with Gasteiger partial charge in [0.2, 0.25) is 20.0 Å². The Kier molecular flexibility index (Phi) is 6.31. The number of ether oxygens (including phenoxy) is 2. The second-order valence-electron chi connectivity index (χ2n) is 6.51. The minimum absolute atomic E-state index is 0.0613. The van der Waals surface area contributed by atoms with E-state index in [1.165, 1.54) is 24.3 Å². The van der Waals surface area contributed by atoms with Gasteiger partial charge in [0.1, 0.15) is 11.5 Å². The maximum absolute atomic E-state index is 13.1. The molecule has 10 nitrogen and oxygen atoms in total. The summed E-state index contributed by atoms with van der Waals surface area (Å²) < 4.78 is 62.3. The largest absolute Gasteiger partial charge is 0.457 e. The van der Waals surface area contributed by atoms with Gasteiger partial charge in [-0.2, -0.15) is 8.61 Å². The van der Waals surface area contributed by atoms with Crippen LogP contribution in [0.1, 0.15) is 0 Å². The van der Waals surface area contributed by atoms with Crippen LogP contribution in [0.2, 0.25) is 0 Å². The molecule has 0 bridgehead atoms. The van der Waals surface area contributed by atoms with Crippen LogP contribution >= 0.6 is 0 Å². The number of benzene rings is 2. The van der Waals surface area contributed by atoms with Crippen LogP contribution < -0.4 is 10.5 Å². The van der Waals surface area contributed by atoms with Gasteiger partial charge in [0.15, 0.2) is 6.23 Å². The molecule has 30 heavy (non-hydrogen) atoms. The lowest BCUT2D eigenvalue weighted by Gasteiger charge is -2.38. The normalized spacial score (nSPS) is 18.6. The molecule has 2 N–H and O–H groups in total. The highest BCUT2D eigenvalue weighted by Crippen LogP contribution is 2.27. The fourth-order valence-electron chi connectivity index (χ4n) is 2.96. The number of para-hydroxylation sites is 1. The van der Waals surface area contributed by atoms with Crippen molar-refractivity contribution in [3.8, 4) is 11.5 Å². The molecule has 162 valence electrons. The average Bonchev–Trinajstić information content (AvgIpc) is 2.68. The highest BCUT2D eigenvalue weighted by atomic mass is 32.2. The van der Waals surface area contributed by atoms with Gasteiger partial charge in [-0.1, -0.05) is 18.2 Å². The Morgan fingerprint density at radius 3 is 2.13 bits per heavy atom. The Morgan fingerprint density at radius 2 is 1.57 bits per heavy atom. The number of piperazine rings is 1. The van der Waals surface area contributed by atoms with E-state index < -0.39 is 32.4 Å². The van der Waals surface area contributed by atoms with Gasteiger partial charge < -0.3 is 15.2 Å². The number of sulfonamides is 2. The van der Waals surface area contributed by atoms with Gasteiger partial charge in [-0.25, -0.2) is 21.6 Å². The van der Waals surface area contributed by atoms with Gasteiger partial charge in [0.25, 0.3) is 0 Å². The standard InChI is InChI=1S/C18H21N3O7S2/c1-29(23,24)20-11-12-21(17(13-20)28-18(19)22)30(25,26)16-9-7-15(8-10-16)27-14-5-3-2-4-6-14/h2-10,17H,11-13H2,1H3,(H2,19,22)/t17-/m1/s1. The van der Waals surface area contributed by atoms with Crippen LogP contribution in [0.25, 0.3) is 0 Å². The summed E-state index contributed by atoms with van der Waals surface area (Å²) in [4.78, 5) is 11.2. The lowest BCUT2D eigenvalue weighted by molar-refractivity contribution is 0.00304. The van der Waals surface area contributed by atoms with E-state index in [2.05, 4.69) is 0 Å². The third-order valence-corrected chi connectivity index (χ3v) is 7.55. The van der Waals surface area contributed by atoms with Crippen molar-refractivity contribution < 1.29 is 31.1 Å². The second kappa shape index (κ2) is 8.60. The first-order valence-corrected chi connectivity index (χ1v) is 12.1. The highest BCUT2D eigenvalue weighted by Gasteiger charge is 2.40. The van der Waals surface area contributed by atoms with Crippen LogP contribution in [-0.4, -0.2) is 63.7 Å². The smallest absolute Gasteiger partial charge is 0.406 e. The zero-order valence-corrected chi connectivity index (χ0v) is 17.7. The molecule has 1 saturated heterocycles. The Balaban J connectivity index is 1.82. The van der Waals surface area contributed by atoms with Gasteiger partial charge in [0.05, 0.1) is 17.7 Å². The monoisotopic (exact) mass is 455 g/mol. The molecule has 0 aliphatic carbocycles. The summed E-state index contributed by atoms with van der Waals surface area (Å²) in [5.41, 5.74) is 5.05. The van der Waals surface area contributed by atoms with Gasteiger partial charge >= 0.3 is 6.09 Å². The molecule has 3 rings (SSSR count). The fraction of sp³-hybridized carbons (Fsp3) is 0.278. The van der Waals surface area contributed by atoms with Crippen molar-refractivity contribution in [1.82, 2.24) is 8.61 Å². The van der Waals surface area contributed by atoms with Gasteiger partial charge in [-0.05, 0) is 36.4 Å². The summed E-state index contributed by atoms with van der Waals surface area (Å²) in [6.45, 7) is -0.627. The summed E-state index contributed by atoms with van der Waals surface area (Å²) in [5.74, 6) is 1.03. The van der Waals surface area contributed by atoms with E-state index in [4.69, 9.17) is 15.2 Å². The van der Waals surface area contributed by atoms with E-state index in [0.717, 1.165) is 14.9 Å². The summed E-state index contributed by atoms with van der Waals surface area (Å²) >= 11 is 0. The summed E-state index contributed by atoms with van der Waals surface area (Å²) in [6.07, 6.45) is -1.59. The molecule has 0 saturated carbocycles. The first-order chi connectivity index (χ1) is 14.1. The van der Waals surface area contributed by atoms with E-state index in [0.29, 0.717) is 11.5 Å². The number of nitrogens with zero attached hydrogens (tertiary/aromatic N) is 2. The van der Waals surface area contributed by atoms with Crippen LogP contribution in [0.15, 0.2) is 59.5 Å². The summed E-state index contributed by atoms with van der Waals surface area (Å²) in [7, 11) is -7.69. The molecule has 1 atom stereocenters. The molecule has 1 aliphatic rings. The van der Waals surface area contributed by atoms with Gasteiger partial charge in [0, 0.05) is 13.1 Å². The van der Waals surface area contributed by atoms with E-state index in [9.17, 15) is 21.6 Å². The third kappa shape index (κ3) is 5.08. The number of nitrogens with two attached hydrogens (primary N) is 1. The Hall–Kier alpha value is -2.67. The molecule has 1 fully saturated rings. The van der Waals surface area contributed by atoms with Crippen LogP contribution in [0, 0.1) is 0 Å². The molecule has 0 radical (unpaired) electrons. The predicted octanol–water partition coefficient (Wildman–Crippen LogP) is 1.17. The third-order valence-electron chi connectivity index (χ3n) is 4.38. The van der Waals surface area contributed by atoms with Crippen LogP contribution in [0.5, 0.6) is 11.5 Å². The van der Waals surface area contributed by atoms with E-state index in [1.807, 2.05) is 18.2 Å². The number of rotatable bonds is 6. The van der Waals surface area contributed by atoms with Crippen molar-refractivity contribution in [3.05, 3.63) is 54.6 Å². The number of hydrogen-bond acceptors (Lipinski definition) is 7. The maximum Gasteiger partial charge on any atom is 0.406 e. The number of hydrogen-bond donors (Lipinski definition) is 1. The van der Waals surface area contributed by atoms with E-state index in [-0.39, 0.29) is 24.5 Å². The lowest BCUT2D eigenvalue weighted by Crippen LogP contribution is -2.57. The van der Waals surface area contributed by atoms with Gasteiger partial charge in [-0.15, -0.1) is 0 Å². The number of carbonyl (C=O) groups excluding carboxylic acids is 1. The zero-order valence-electron chi connectivity index (χ0n) is 16.0. The summed E-state index contributed by atoms with van der Waals surface area (Å²) in [6, 6.07) is 14.7. The highest BCUT2D eigenvalue weighted by molar-refractivity contribution is 7.89. The van der Waals surface area contributed by atoms with Crippen molar-refractivity contribution >= 4 is 26.1 Å². The predicted molar refractivity (Wildman–Crippen MR) is 108 cm³/mol. The minimum atomic E-state index is -4.09. The van der Waals surface area contributed by atoms with Crippen LogP contribution in [0.4, 0.5) is 4.79 Å². The maximum atomic E-state index is 13.1. The van der Waals surface area contributed by atoms with Crippen molar-refractivity contribution in [3.63, 3.8) is 0 Å². The molecular weight excluding hydrogens is 434 g/mol. The molecule has 1 amide bonds. The Bertz CT molecular complexity index is 1100. The van der Waals surface area contributed by atoms with Crippen LogP contribution in [-0.2, 0) is 24.8 Å². The van der Waals surface area contributed by atoms with E-state index in [1.54, 1.807) is 12.1 Å². The molecule has 0 spiro atoms. The minimum Gasteiger partial charge on any atom is -0.457 e. The van der Waals surface area contributed by atoms with E-state index >= 15 is 0 Å². The zero-order chi connectivity index (χ0) is 21.9. The number of primary amides is 1. The number of amides is 1. The quantitative estimate of drug-likeness (QED) is 0.690. The van der Waals surface area contributed by atoms with Gasteiger partial charge in [-0.3, -0.25) is 0 Å². The molecule has 0 unspecified atom stereocenters. The molecule has 1 aliphatic heterocycles. The Labute approximate surface area is 174 Å². The van der Waals surface area contributed by atoms with Crippen molar-refractivity contribution in [2.24, 2.45) is 5.73 Å². The summed E-state index contributed by atoms with van der Waals surface area (Å²) in [5, 5.41) is 0. The fourth-order valence-corrected chi connectivity index (χ4v) is 5.26. The van der Waals surface area contributed by atoms with Crippen molar-refractivity contribution in [2.75, 3.05) is 25.9 Å². The molecular formula is C18H21N3O7S2. The first-order valence-electron chi connectivity index (χ1n) is 8.83. The molecule has 1 heterocycles. The number of carbonyl (C=O) groups is 1. The topological polar surface area (TPSA) is 136 Å². The Morgan fingerprint density at radius 1 is 0.967 bits per heavy atom. The molecule has 2 aromatic carbocycles. The average molecular weight is 456 g/mol. The molecule has 0 aromatic heterocycles. The van der Waals surface area contributed by atoms with Crippen molar-refractivity contribution in [2.45, 2.75) is 11.1 Å². The first kappa shape index (κ1) is 22.0. The molecule has 12 heteroatoms.